The number of benzene rings is 27. The van der Waals surface area contributed by atoms with Gasteiger partial charge in [0.05, 0.1) is 0 Å². The number of aromatic nitrogens is 3. The van der Waals surface area contributed by atoms with Crippen molar-refractivity contribution in [1.29, 1.82) is 0 Å². The second-order valence-electron chi connectivity index (χ2n) is 38.4. The molecule has 3 heterocycles. The van der Waals surface area contributed by atoms with Crippen molar-refractivity contribution < 1.29 is 13.3 Å². The molecule has 145 heavy (non-hydrogen) atoms. The van der Waals surface area contributed by atoms with Crippen molar-refractivity contribution in [1.82, 2.24) is 15.0 Å². The van der Waals surface area contributed by atoms with Gasteiger partial charge in [-0.1, -0.05) is 413 Å². The highest BCUT2D eigenvalue weighted by molar-refractivity contribution is 6.29. The molecule has 2 aliphatic carbocycles. The molecule has 0 N–H and O–H groups in total. The lowest BCUT2D eigenvalue weighted by atomic mass is 9.88. The van der Waals surface area contributed by atoms with Crippen molar-refractivity contribution >= 4 is 173 Å². The fourth-order valence-electron chi connectivity index (χ4n) is 23.9. The minimum Gasteiger partial charge on any atom is -0.435 e. The van der Waals surface area contributed by atoms with E-state index in [1.54, 1.807) is 0 Å². The van der Waals surface area contributed by atoms with Crippen LogP contribution in [0.1, 0.15) is 0 Å². The van der Waals surface area contributed by atoms with E-state index < -0.39 is 0 Å². The summed E-state index contributed by atoms with van der Waals surface area (Å²) in [6, 6.07) is 177. The van der Waals surface area contributed by atoms with Crippen LogP contribution in [0.4, 0.5) is 0 Å². The minimum absolute atomic E-state index is 0.641. The Morgan fingerprint density at radius 3 is 0.738 bits per heavy atom. The van der Waals surface area contributed by atoms with Gasteiger partial charge >= 0.3 is 0 Å². The van der Waals surface area contributed by atoms with Crippen LogP contribution in [0.2, 0.25) is 0 Å². The highest BCUT2D eigenvalue weighted by atomic mass is 16.4. The second kappa shape index (κ2) is 32.7. The summed E-state index contributed by atoms with van der Waals surface area (Å²) in [6.07, 6.45) is 0. The monoisotopic (exact) mass is 1840 g/mol. The standard InChI is InChI=1S/C49H29NO.C47H27NO.C43H25NO/c1-2-10-32(11-3-1)49-50-46-27-23-31-20-18-30-19-21-33(28-44(30)47(31)48(46)51-49)35-25-26-36(38-13-5-4-12-37(35)38)34-22-24-43-41-16-7-6-14-39(41)40-15-8-9-17-42(40)45(43)29-34;1-2-9-30(10-3-1)47-48-43-26-21-29-19-17-28-18-20-31(27-42(28)44(29)46(43)49-47)32-22-23-37(34-12-5-4-11-33(32)34)38-24-25-41-36-14-7-6-13-35(36)39-15-8-16-40(38)45(39)41;1-2-9-27(10-3-1)43-44-40-24-19-26-17-18-28(25-39(26)42(40)45-43)29-20-21-34(31-12-5-4-11-30(29)31)35-22-23-38-33-14-7-6-13-32(33)36-15-8-16-37(35)41(36)38/h1-29H;1-27H;1-25H. The van der Waals surface area contributed by atoms with E-state index in [1.807, 2.05) is 97.1 Å². The molecule has 27 aromatic carbocycles. The van der Waals surface area contributed by atoms with Crippen molar-refractivity contribution in [2.45, 2.75) is 0 Å². The van der Waals surface area contributed by atoms with Crippen LogP contribution < -0.4 is 0 Å². The molecular formula is C139H81N3O3. The van der Waals surface area contributed by atoms with E-state index in [1.165, 1.54) is 203 Å². The molecule has 0 unspecified atom stereocenters. The van der Waals surface area contributed by atoms with E-state index in [0.29, 0.717) is 17.7 Å². The Morgan fingerprint density at radius 2 is 0.352 bits per heavy atom. The third-order valence-electron chi connectivity index (χ3n) is 30.6. The van der Waals surface area contributed by atoms with Gasteiger partial charge in [0.25, 0.3) is 0 Å². The van der Waals surface area contributed by atoms with Crippen LogP contribution in [0.5, 0.6) is 0 Å². The second-order valence-corrected chi connectivity index (χ2v) is 38.4. The summed E-state index contributed by atoms with van der Waals surface area (Å²) < 4.78 is 19.4. The summed E-state index contributed by atoms with van der Waals surface area (Å²) in [5, 5.41) is 31.8. The maximum Gasteiger partial charge on any atom is 0.227 e. The number of fused-ring (bicyclic) bond motifs is 28. The molecule has 0 saturated carbocycles. The largest absolute Gasteiger partial charge is 0.435 e. The Balaban J connectivity index is 0.000000101. The van der Waals surface area contributed by atoms with Gasteiger partial charge in [0.1, 0.15) is 16.6 Å². The van der Waals surface area contributed by atoms with E-state index in [9.17, 15) is 0 Å². The van der Waals surface area contributed by atoms with Crippen LogP contribution >= 0.6 is 0 Å². The molecule has 0 aliphatic heterocycles. The van der Waals surface area contributed by atoms with Gasteiger partial charge in [0.15, 0.2) is 16.7 Å². The average molecular weight is 1840 g/mol. The molecular weight excluding hydrogens is 1760 g/mol. The predicted octanol–water partition coefficient (Wildman–Crippen LogP) is 38.8. The van der Waals surface area contributed by atoms with Gasteiger partial charge in [-0.05, 0) is 314 Å². The summed E-state index contributed by atoms with van der Waals surface area (Å²) in [6.45, 7) is 0. The first-order valence-corrected chi connectivity index (χ1v) is 49.6. The number of rotatable bonds is 9. The number of oxazole rings is 3. The van der Waals surface area contributed by atoms with Crippen LogP contribution in [0.25, 0.3) is 319 Å². The topological polar surface area (TPSA) is 78.1 Å². The zero-order chi connectivity index (χ0) is 95.0. The first-order chi connectivity index (χ1) is 71.9. The Morgan fingerprint density at radius 1 is 0.117 bits per heavy atom. The summed E-state index contributed by atoms with van der Waals surface area (Å²) in [5.74, 6) is 1.93. The van der Waals surface area contributed by atoms with Gasteiger partial charge in [-0.25, -0.2) is 15.0 Å². The van der Waals surface area contributed by atoms with Crippen molar-refractivity contribution in [3.8, 4) is 146 Å². The molecule has 2 aliphatic rings. The minimum atomic E-state index is 0.641. The number of hydrogen-bond acceptors (Lipinski definition) is 6. The molecule has 30 aromatic rings. The van der Waals surface area contributed by atoms with Gasteiger partial charge in [0, 0.05) is 32.8 Å². The lowest BCUT2D eigenvalue weighted by Crippen LogP contribution is -1.89. The molecule has 3 aromatic heterocycles. The third kappa shape index (κ3) is 13.0. The van der Waals surface area contributed by atoms with E-state index >= 15 is 0 Å². The van der Waals surface area contributed by atoms with Gasteiger partial charge < -0.3 is 13.3 Å². The van der Waals surface area contributed by atoms with E-state index in [4.69, 9.17) is 28.2 Å². The molecule has 6 heteroatoms. The van der Waals surface area contributed by atoms with Crippen LogP contribution in [0, 0.1) is 0 Å². The third-order valence-corrected chi connectivity index (χ3v) is 30.6. The van der Waals surface area contributed by atoms with Gasteiger partial charge in [-0.2, -0.15) is 0 Å². The molecule has 0 saturated heterocycles. The Kier molecular flexibility index (Phi) is 18.4. The zero-order valence-electron chi connectivity index (χ0n) is 78.3. The van der Waals surface area contributed by atoms with E-state index in [0.717, 1.165) is 98.6 Å². The molecule has 32 rings (SSSR count). The summed E-state index contributed by atoms with van der Waals surface area (Å²) in [7, 11) is 0. The summed E-state index contributed by atoms with van der Waals surface area (Å²) in [4.78, 5) is 14.6. The quantitative estimate of drug-likeness (QED) is 0.134. The average Bonchev–Trinajstić information content (AvgIpc) is 1.47. The smallest absolute Gasteiger partial charge is 0.227 e. The predicted molar refractivity (Wildman–Crippen MR) is 607 cm³/mol. The van der Waals surface area contributed by atoms with Gasteiger partial charge in [0.2, 0.25) is 17.7 Å². The Hall–Kier alpha value is -19.3. The molecule has 0 atom stereocenters. The van der Waals surface area contributed by atoms with E-state index in [2.05, 4.69) is 394 Å². The van der Waals surface area contributed by atoms with Crippen LogP contribution in [-0.4, -0.2) is 15.0 Å². The zero-order valence-corrected chi connectivity index (χ0v) is 78.3. The summed E-state index contributed by atoms with van der Waals surface area (Å²) >= 11 is 0. The number of nitrogens with zero attached hydrogens (tertiary/aromatic N) is 3. The highest BCUT2D eigenvalue weighted by Crippen LogP contribution is 2.55. The normalized spacial score (nSPS) is 12.0. The first-order valence-electron chi connectivity index (χ1n) is 49.6. The maximum atomic E-state index is 6.53. The van der Waals surface area contributed by atoms with Crippen LogP contribution in [-0.2, 0) is 0 Å². The van der Waals surface area contributed by atoms with E-state index in [-0.39, 0.29) is 0 Å². The fourth-order valence-corrected chi connectivity index (χ4v) is 23.9. The van der Waals surface area contributed by atoms with Crippen molar-refractivity contribution in [3.05, 3.63) is 491 Å². The lowest BCUT2D eigenvalue weighted by molar-refractivity contribution is 0.622. The Bertz CT molecular complexity index is 10700. The first kappa shape index (κ1) is 81.7. The molecule has 0 fully saturated rings. The molecule has 6 nitrogen and oxygen atoms in total. The van der Waals surface area contributed by atoms with Crippen molar-refractivity contribution in [3.63, 3.8) is 0 Å². The summed E-state index contributed by atoms with van der Waals surface area (Å²) in [5.41, 5.74) is 33.2. The molecule has 0 amide bonds. The van der Waals surface area contributed by atoms with Crippen molar-refractivity contribution in [2.75, 3.05) is 0 Å². The van der Waals surface area contributed by atoms with Crippen LogP contribution in [0.3, 0.4) is 0 Å². The highest BCUT2D eigenvalue weighted by Gasteiger charge is 2.28. The van der Waals surface area contributed by atoms with Gasteiger partial charge in [-0.15, -0.1) is 0 Å². The van der Waals surface area contributed by atoms with Gasteiger partial charge in [-0.3, -0.25) is 0 Å². The molecule has 0 radical (unpaired) electrons. The Labute approximate surface area is 832 Å². The number of hydrogen-bond donors (Lipinski definition) is 0. The molecule has 0 bridgehead atoms. The SMILES string of the molecule is c1ccc(-c2nc3ccc4ccc(-c5ccc(-c6ccc7c8c(cccc68)-c6ccccc6-7)c6ccccc56)cc4c3o2)cc1.c1ccc(-c2nc3ccc4ccc5ccc(-c6ccc(-c7ccc8c9c(cccc79)-c7ccccc7-8)c7ccccc67)cc5c4c3o2)cc1.c1ccc(-c2nc3ccc4ccc5ccc(-c6ccc(-c7ccc8c9ccccc9c9ccccc9c8c7)c7ccccc67)cc5c4c3o2)cc1. The molecule has 670 valence electrons. The maximum absolute atomic E-state index is 6.53. The molecule has 0 spiro atoms. The van der Waals surface area contributed by atoms with Crippen LogP contribution in [0.15, 0.2) is 505 Å². The van der Waals surface area contributed by atoms with Crippen molar-refractivity contribution in [2.24, 2.45) is 0 Å². The fraction of sp³-hybridized carbons (Fsp3) is 0. The lowest BCUT2D eigenvalue weighted by Gasteiger charge is -2.15.